The van der Waals surface area contributed by atoms with Crippen molar-refractivity contribution >= 4 is 23.3 Å². The zero-order chi connectivity index (χ0) is 17.1. The van der Waals surface area contributed by atoms with Crippen LogP contribution in [0.3, 0.4) is 0 Å². The number of hydrogen-bond donors (Lipinski definition) is 2. The van der Waals surface area contributed by atoms with Crippen LogP contribution in [0.25, 0.3) is 0 Å². The first-order valence-corrected chi connectivity index (χ1v) is 7.98. The van der Waals surface area contributed by atoms with Gasteiger partial charge in [0.1, 0.15) is 5.71 Å². The maximum Gasteiger partial charge on any atom is 0.290 e. The summed E-state index contributed by atoms with van der Waals surface area (Å²) in [6.07, 6.45) is 5.37. The Hall–Kier alpha value is -2.71. The van der Waals surface area contributed by atoms with Crippen molar-refractivity contribution in [2.75, 3.05) is 25.0 Å². The minimum absolute atomic E-state index is 0.0849. The summed E-state index contributed by atoms with van der Waals surface area (Å²) < 4.78 is 0. The van der Waals surface area contributed by atoms with Gasteiger partial charge in [-0.2, -0.15) is 5.10 Å². The van der Waals surface area contributed by atoms with E-state index in [4.69, 9.17) is 0 Å². The number of amides is 2. The van der Waals surface area contributed by atoms with Gasteiger partial charge in [-0.1, -0.05) is 0 Å². The van der Waals surface area contributed by atoms with Crippen LogP contribution in [0, 0.1) is 0 Å². The molecule has 0 radical (unpaired) electrons. The molecule has 0 spiro atoms. The van der Waals surface area contributed by atoms with Crippen molar-refractivity contribution < 1.29 is 9.59 Å². The van der Waals surface area contributed by atoms with E-state index in [1.165, 1.54) is 11.2 Å². The number of anilines is 1. The number of hydrazone groups is 1. The maximum absolute atomic E-state index is 12.3. The number of nitrogens with one attached hydrogen (secondary N) is 2. The highest BCUT2D eigenvalue weighted by molar-refractivity contribution is 6.39. The number of carbonyl (C=O) groups is 2. The van der Waals surface area contributed by atoms with Gasteiger partial charge in [0.15, 0.2) is 5.82 Å². The van der Waals surface area contributed by atoms with E-state index in [0.29, 0.717) is 30.9 Å². The molecule has 2 amide bonds. The molecule has 2 aliphatic rings. The van der Waals surface area contributed by atoms with Gasteiger partial charge < -0.3 is 15.2 Å². The summed E-state index contributed by atoms with van der Waals surface area (Å²) in [4.78, 5) is 44.2. The van der Waals surface area contributed by atoms with E-state index in [1.54, 1.807) is 13.2 Å². The lowest BCUT2D eigenvalue weighted by Crippen LogP contribution is -2.51. The summed E-state index contributed by atoms with van der Waals surface area (Å²) in [6.45, 7) is 1.25. The molecule has 3 heterocycles. The topological polar surface area (TPSA) is 111 Å². The van der Waals surface area contributed by atoms with E-state index in [1.807, 2.05) is 4.90 Å². The zero-order valence-electron chi connectivity index (χ0n) is 13.5. The predicted octanol–water partition coefficient (Wildman–Crippen LogP) is -0.537. The normalized spacial score (nSPS) is 21.5. The summed E-state index contributed by atoms with van der Waals surface area (Å²) in [5, 5.41) is 8.19. The lowest BCUT2D eigenvalue weighted by Gasteiger charge is -2.33. The van der Waals surface area contributed by atoms with Gasteiger partial charge in [-0.15, -0.1) is 0 Å². The molecule has 1 atom stereocenters. The molecule has 0 aliphatic carbocycles. The van der Waals surface area contributed by atoms with E-state index >= 15 is 0 Å². The molecule has 9 nitrogen and oxygen atoms in total. The van der Waals surface area contributed by atoms with Crippen LogP contribution in [-0.2, 0) is 9.59 Å². The second kappa shape index (κ2) is 6.81. The molecule has 1 unspecified atom stereocenters. The van der Waals surface area contributed by atoms with E-state index in [2.05, 4.69) is 20.4 Å². The van der Waals surface area contributed by atoms with E-state index in [0.717, 1.165) is 19.4 Å². The second-order valence-corrected chi connectivity index (χ2v) is 5.96. The fourth-order valence-corrected chi connectivity index (χ4v) is 2.96. The Morgan fingerprint density at radius 1 is 1.38 bits per heavy atom. The molecule has 1 aromatic heterocycles. The fourth-order valence-electron chi connectivity index (χ4n) is 2.96. The average molecular weight is 332 g/mol. The first-order valence-electron chi connectivity index (χ1n) is 7.98. The van der Waals surface area contributed by atoms with Gasteiger partial charge in [-0.3, -0.25) is 14.4 Å². The first kappa shape index (κ1) is 16.2. The Bertz CT molecular complexity index is 728. The molecule has 128 valence electrons. The number of hydrogen-bond acceptors (Lipinski definition) is 6. The van der Waals surface area contributed by atoms with Crippen molar-refractivity contribution in [3.63, 3.8) is 0 Å². The van der Waals surface area contributed by atoms with Crippen LogP contribution in [0.2, 0.25) is 0 Å². The standard InChI is InChI=1S/C15H20N6O3/c1-20-12(22)5-4-11(19-20)14(23)18-10-3-2-8-21(9-10)13-15(24)17-7-6-16-13/h6-7,10H,2-5,8-9H2,1H3,(H,17,24)(H,18,23). The molecule has 0 saturated carbocycles. The minimum Gasteiger partial charge on any atom is -0.350 e. The second-order valence-electron chi connectivity index (χ2n) is 5.96. The van der Waals surface area contributed by atoms with Crippen LogP contribution in [0.5, 0.6) is 0 Å². The molecule has 24 heavy (non-hydrogen) atoms. The Morgan fingerprint density at radius 2 is 2.21 bits per heavy atom. The van der Waals surface area contributed by atoms with Crippen molar-refractivity contribution in [1.82, 2.24) is 20.3 Å². The average Bonchev–Trinajstić information content (AvgIpc) is 2.58. The van der Waals surface area contributed by atoms with Gasteiger partial charge in [-0.25, -0.2) is 9.99 Å². The SMILES string of the molecule is CN1N=C(C(=O)NC2CCCN(c3ncc[nH]c3=O)C2)CCC1=O. The zero-order valence-corrected chi connectivity index (χ0v) is 13.5. The van der Waals surface area contributed by atoms with Crippen molar-refractivity contribution in [2.45, 2.75) is 31.7 Å². The van der Waals surface area contributed by atoms with Crippen LogP contribution < -0.4 is 15.8 Å². The molecule has 1 saturated heterocycles. The first-order chi connectivity index (χ1) is 11.5. The summed E-state index contributed by atoms with van der Waals surface area (Å²) >= 11 is 0. The van der Waals surface area contributed by atoms with Crippen LogP contribution in [0.15, 0.2) is 22.3 Å². The molecular formula is C15H20N6O3. The van der Waals surface area contributed by atoms with Gasteiger partial charge >= 0.3 is 0 Å². The van der Waals surface area contributed by atoms with Crippen LogP contribution in [-0.4, -0.2) is 58.7 Å². The number of nitrogens with zero attached hydrogens (tertiary/aromatic N) is 4. The molecule has 0 aromatic carbocycles. The predicted molar refractivity (Wildman–Crippen MR) is 87.7 cm³/mol. The summed E-state index contributed by atoms with van der Waals surface area (Å²) in [5.74, 6) is 0.0256. The van der Waals surface area contributed by atoms with Gasteiger partial charge in [0.2, 0.25) is 5.91 Å². The van der Waals surface area contributed by atoms with Crippen molar-refractivity contribution in [2.24, 2.45) is 5.10 Å². The Morgan fingerprint density at radius 3 is 2.96 bits per heavy atom. The van der Waals surface area contributed by atoms with Crippen LogP contribution in [0.1, 0.15) is 25.7 Å². The Balaban J connectivity index is 1.65. The number of carbonyl (C=O) groups excluding carboxylic acids is 2. The lowest BCUT2D eigenvalue weighted by atomic mass is 10.0. The maximum atomic E-state index is 12.3. The highest BCUT2D eigenvalue weighted by atomic mass is 16.2. The van der Waals surface area contributed by atoms with Gasteiger partial charge in [0.25, 0.3) is 11.5 Å². The molecular weight excluding hydrogens is 312 g/mol. The molecule has 9 heteroatoms. The van der Waals surface area contributed by atoms with E-state index in [-0.39, 0.29) is 23.4 Å². The fraction of sp³-hybridized carbons (Fsp3) is 0.533. The van der Waals surface area contributed by atoms with E-state index < -0.39 is 0 Å². The van der Waals surface area contributed by atoms with Crippen molar-refractivity contribution in [3.05, 3.63) is 22.7 Å². The number of piperidine rings is 1. The lowest BCUT2D eigenvalue weighted by molar-refractivity contribution is -0.130. The number of rotatable bonds is 3. The highest BCUT2D eigenvalue weighted by Gasteiger charge is 2.27. The third-order valence-corrected chi connectivity index (χ3v) is 4.21. The smallest absolute Gasteiger partial charge is 0.290 e. The van der Waals surface area contributed by atoms with Gasteiger partial charge in [0.05, 0.1) is 0 Å². The molecule has 2 N–H and O–H groups in total. The Labute approximate surface area is 138 Å². The minimum atomic E-state index is -0.254. The molecule has 0 bridgehead atoms. The van der Waals surface area contributed by atoms with E-state index in [9.17, 15) is 14.4 Å². The Kier molecular flexibility index (Phi) is 4.59. The summed E-state index contributed by atoms with van der Waals surface area (Å²) in [6, 6.07) is -0.0849. The number of aromatic amines is 1. The van der Waals surface area contributed by atoms with Gasteiger partial charge in [0, 0.05) is 51.4 Å². The van der Waals surface area contributed by atoms with Gasteiger partial charge in [-0.05, 0) is 12.8 Å². The molecule has 1 aromatic rings. The molecule has 3 rings (SSSR count). The van der Waals surface area contributed by atoms with Crippen molar-refractivity contribution in [3.8, 4) is 0 Å². The summed E-state index contributed by atoms with van der Waals surface area (Å²) in [7, 11) is 1.55. The largest absolute Gasteiger partial charge is 0.350 e. The quantitative estimate of drug-likeness (QED) is 0.772. The number of aromatic nitrogens is 2. The molecule has 2 aliphatic heterocycles. The molecule has 1 fully saturated rings. The third-order valence-electron chi connectivity index (χ3n) is 4.21. The van der Waals surface area contributed by atoms with Crippen molar-refractivity contribution in [1.29, 1.82) is 0 Å². The number of H-pyrrole nitrogens is 1. The summed E-state index contributed by atoms with van der Waals surface area (Å²) in [5.41, 5.74) is 0.131. The third kappa shape index (κ3) is 3.44. The highest BCUT2D eigenvalue weighted by Crippen LogP contribution is 2.15. The monoisotopic (exact) mass is 332 g/mol. The van der Waals surface area contributed by atoms with Crippen LogP contribution >= 0.6 is 0 Å². The van der Waals surface area contributed by atoms with Crippen LogP contribution in [0.4, 0.5) is 5.82 Å².